The number of hydrogen-bond donors (Lipinski definition) is 1. The molecule has 0 unspecified atom stereocenters. The van der Waals surface area contributed by atoms with Crippen LogP contribution < -0.4 is 5.32 Å². The lowest BCUT2D eigenvalue weighted by Crippen LogP contribution is -2.15. The van der Waals surface area contributed by atoms with E-state index < -0.39 is 0 Å². The second-order valence-electron chi connectivity index (χ2n) is 5.47. The van der Waals surface area contributed by atoms with E-state index in [2.05, 4.69) is 20.3 Å². The van der Waals surface area contributed by atoms with Gasteiger partial charge in [0.25, 0.3) is 0 Å². The highest BCUT2D eigenvalue weighted by Crippen LogP contribution is 2.30. The van der Waals surface area contributed by atoms with Crippen molar-refractivity contribution in [1.29, 1.82) is 0 Å². The van der Waals surface area contributed by atoms with Gasteiger partial charge in [0.15, 0.2) is 0 Å². The van der Waals surface area contributed by atoms with E-state index in [9.17, 15) is 4.79 Å². The molecule has 3 aromatic rings. The fourth-order valence-corrected chi connectivity index (χ4v) is 2.35. The van der Waals surface area contributed by atoms with E-state index in [0.717, 1.165) is 34.9 Å². The third kappa shape index (κ3) is 2.53. The molecule has 1 N–H and O–H groups in total. The maximum Gasteiger partial charge on any atom is 0.229 e. The lowest BCUT2D eigenvalue weighted by Gasteiger charge is -2.06. The minimum atomic E-state index is 0.0164. The summed E-state index contributed by atoms with van der Waals surface area (Å²) in [5.74, 6) is 0.525. The number of rotatable bonds is 3. The van der Waals surface area contributed by atoms with Gasteiger partial charge >= 0.3 is 0 Å². The van der Waals surface area contributed by atoms with Crippen LogP contribution >= 0.6 is 0 Å². The van der Waals surface area contributed by atoms with E-state index in [0.29, 0.717) is 5.95 Å². The van der Waals surface area contributed by atoms with Crippen molar-refractivity contribution >= 4 is 22.8 Å². The predicted molar refractivity (Wildman–Crippen MR) is 84.1 cm³/mol. The Bertz CT molecular complexity index is 844. The monoisotopic (exact) mass is 290 g/mol. The molecule has 22 heavy (non-hydrogen) atoms. The van der Waals surface area contributed by atoms with Gasteiger partial charge in [-0.3, -0.25) is 15.1 Å². The Balaban J connectivity index is 1.69. The van der Waals surface area contributed by atoms with Crippen molar-refractivity contribution in [1.82, 2.24) is 15.0 Å². The van der Waals surface area contributed by atoms with Gasteiger partial charge in [0.05, 0.1) is 5.52 Å². The van der Waals surface area contributed by atoms with Gasteiger partial charge in [0.2, 0.25) is 11.9 Å². The lowest BCUT2D eigenvalue weighted by molar-refractivity contribution is -0.117. The van der Waals surface area contributed by atoms with Crippen LogP contribution in [-0.2, 0) is 4.79 Å². The van der Waals surface area contributed by atoms with Crippen molar-refractivity contribution in [2.45, 2.75) is 12.8 Å². The lowest BCUT2D eigenvalue weighted by atomic mass is 10.1. The molecule has 5 heteroatoms. The normalized spacial score (nSPS) is 14.0. The molecule has 108 valence electrons. The van der Waals surface area contributed by atoms with E-state index in [1.54, 1.807) is 12.4 Å². The Kier molecular flexibility index (Phi) is 3.04. The van der Waals surface area contributed by atoms with Crippen molar-refractivity contribution in [2.24, 2.45) is 5.92 Å². The van der Waals surface area contributed by atoms with Gasteiger partial charge in [-0.1, -0.05) is 18.2 Å². The summed E-state index contributed by atoms with van der Waals surface area (Å²) in [4.78, 5) is 24.6. The number of anilines is 1. The molecule has 0 saturated heterocycles. The second kappa shape index (κ2) is 5.18. The Morgan fingerprint density at radius 1 is 1.14 bits per heavy atom. The summed E-state index contributed by atoms with van der Waals surface area (Å²) in [5, 5.41) is 3.72. The third-order valence-electron chi connectivity index (χ3n) is 3.76. The Morgan fingerprint density at radius 2 is 2.05 bits per heavy atom. The van der Waals surface area contributed by atoms with Crippen molar-refractivity contribution < 1.29 is 4.79 Å². The molecule has 0 aliphatic heterocycles. The zero-order valence-corrected chi connectivity index (χ0v) is 11.9. The molecule has 0 spiro atoms. The Hall–Kier alpha value is -2.82. The molecule has 4 rings (SSSR count). The highest BCUT2D eigenvalue weighted by atomic mass is 16.2. The standard InChI is InChI=1S/C17H14N4O/c22-16(11-3-4-11)21-17-19-10-14-6-5-12(8-15(14)20-17)13-2-1-7-18-9-13/h1-2,5-11H,3-4H2,(H,19,20,21,22). The van der Waals surface area contributed by atoms with Crippen molar-refractivity contribution in [2.75, 3.05) is 5.32 Å². The summed E-state index contributed by atoms with van der Waals surface area (Å²) in [7, 11) is 0. The molecule has 0 bridgehead atoms. The number of carbonyl (C=O) groups excluding carboxylic acids is 1. The number of nitrogens with one attached hydrogen (secondary N) is 1. The number of fused-ring (bicyclic) bond motifs is 1. The average Bonchev–Trinajstić information content (AvgIpc) is 3.40. The topological polar surface area (TPSA) is 67.8 Å². The summed E-state index contributed by atoms with van der Waals surface area (Å²) in [6, 6.07) is 9.89. The van der Waals surface area contributed by atoms with Crippen molar-refractivity contribution in [3.63, 3.8) is 0 Å². The van der Waals surface area contributed by atoms with Crippen molar-refractivity contribution in [3.8, 4) is 11.1 Å². The number of amides is 1. The number of pyridine rings is 1. The first-order chi connectivity index (χ1) is 10.8. The molecule has 1 aromatic carbocycles. The molecule has 1 aliphatic carbocycles. The van der Waals surface area contributed by atoms with Gasteiger partial charge in [-0.15, -0.1) is 0 Å². The number of benzene rings is 1. The van der Waals surface area contributed by atoms with Crippen LogP contribution in [0.15, 0.2) is 48.9 Å². The minimum Gasteiger partial charge on any atom is -0.294 e. The maximum absolute atomic E-state index is 11.8. The van der Waals surface area contributed by atoms with Crippen LogP contribution in [0, 0.1) is 5.92 Å². The van der Waals surface area contributed by atoms with Gasteiger partial charge in [-0.05, 0) is 30.5 Å². The quantitative estimate of drug-likeness (QED) is 0.805. The molecular weight excluding hydrogens is 276 g/mol. The fourth-order valence-electron chi connectivity index (χ4n) is 2.35. The molecule has 1 aliphatic rings. The summed E-state index contributed by atoms with van der Waals surface area (Å²) in [6.45, 7) is 0. The first-order valence-electron chi connectivity index (χ1n) is 7.28. The minimum absolute atomic E-state index is 0.0164. The van der Waals surface area contributed by atoms with E-state index in [4.69, 9.17) is 0 Å². The average molecular weight is 290 g/mol. The SMILES string of the molecule is O=C(Nc1ncc2ccc(-c3cccnc3)cc2n1)C1CC1. The first kappa shape index (κ1) is 12.9. The number of nitrogens with zero attached hydrogens (tertiary/aromatic N) is 3. The second-order valence-corrected chi connectivity index (χ2v) is 5.47. The van der Waals surface area contributed by atoms with Gasteiger partial charge < -0.3 is 0 Å². The zero-order valence-electron chi connectivity index (χ0n) is 11.9. The highest BCUT2D eigenvalue weighted by Gasteiger charge is 2.30. The van der Waals surface area contributed by atoms with Gasteiger partial charge in [-0.2, -0.15) is 0 Å². The smallest absolute Gasteiger partial charge is 0.229 e. The largest absolute Gasteiger partial charge is 0.294 e. The fraction of sp³-hybridized carbons (Fsp3) is 0.176. The van der Waals surface area contributed by atoms with Crippen LogP contribution in [0.2, 0.25) is 0 Å². The zero-order chi connectivity index (χ0) is 14.9. The van der Waals surface area contributed by atoms with Crippen LogP contribution in [0.3, 0.4) is 0 Å². The van der Waals surface area contributed by atoms with E-state index in [1.165, 1.54) is 0 Å². The molecule has 0 atom stereocenters. The first-order valence-corrected chi connectivity index (χ1v) is 7.28. The summed E-state index contributed by atoms with van der Waals surface area (Å²) in [5.41, 5.74) is 2.88. The highest BCUT2D eigenvalue weighted by molar-refractivity contribution is 5.93. The van der Waals surface area contributed by atoms with Crippen LogP contribution in [0.1, 0.15) is 12.8 Å². The summed E-state index contributed by atoms with van der Waals surface area (Å²) < 4.78 is 0. The molecule has 1 fully saturated rings. The van der Waals surface area contributed by atoms with Gasteiger partial charge in [-0.25, -0.2) is 9.97 Å². The third-order valence-corrected chi connectivity index (χ3v) is 3.76. The Labute approximate surface area is 127 Å². The van der Waals surface area contributed by atoms with Crippen LogP contribution in [-0.4, -0.2) is 20.9 Å². The number of carbonyl (C=O) groups is 1. The molecule has 0 radical (unpaired) electrons. The molecular formula is C17H14N4O. The molecule has 2 heterocycles. The predicted octanol–water partition coefficient (Wildman–Crippen LogP) is 3.04. The van der Waals surface area contributed by atoms with Gasteiger partial charge in [0.1, 0.15) is 0 Å². The van der Waals surface area contributed by atoms with E-state index in [-0.39, 0.29) is 11.8 Å². The number of aromatic nitrogens is 3. The van der Waals surface area contributed by atoms with Gasteiger partial charge in [0, 0.05) is 35.5 Å². The van der Waals surface area contributed by atoms with Crippen LogP contribution in [0.5, 0.6) is 0 Å². The van der Waals surface area contributed by atoms with E-state index >= 15 is 0 Å². The van der Waals surface area contributed by atoms with Crippen LogP contribution in [0.25, 0.3) is 22.0 Å². The molecule has 5 nitrogen and oxygen atoms in total. The van der Waals surface area contributed by atoms with Crippen LogP contribution in [0.4, 0.5) is 5.95 Å². The summed E-state index contributed by atoms with van der Waals surface area (Å²) >= 11 is 0. The van der Waals surface area contributed by atoms with Crippen molar-refractivity contribution in [3.05, 3.63) is 48.9 Å². The molecule has 2 aromatic heterocycles. The summed E-state index contributed by atoms with van der Waals surface area (Å²) in [6.07, 6.45) is 7.23. The Morgan fingerprint density at radius 3 is 2.82 bits per heavy atom. The maximum atomic E-state index is 11.8. The molecule has 1 amide bonds. The van der Waals surface area contributed by atoms with E-state index in [1.807, 2.05) is 36.5 Å². The number of hydrogen-bond acceptors (Lipinski definition) is 4. The molecule has 1 saturated carbocycles.